The smallest absolute Gasteiger partial charge is 0.306 e. The number of aryl methyl sites for hydroxylation is 2. The number of rotatable bonds is 5. The van der Waals surface area contributed by atoms with Crippen LogP contribution in [0.4, 0.5) is 5.69 Å². The molecule has 1 aromatic rings. The van der Waals surface area contributed by atoms with E-state index in [2.05, 4.69) is 11.4 Å². The van der Waals surface area contributed by atoms with E-state index >= 15 is 0 Å². The zero-order chi connectivity index (χ0) is 16.1. The Morgan fingerprint density at radius 3 is 2.77 bits per heavy atom. The maximum atomic E-state index is 11.9. The first-order valence-electron chi connectivity index (χ1n) is 7.34. The molecule has 1 N–H and O–H groups in total. The van der Waals surface area contributed by atoms with Gasteiger partial charge in [-0.2, -0.15) is 0 Å². The summed E-state index contributed by atoms with van der Waals surface area (Å²) in [5, 5.41) is 3.17. The van der Waals surface area contributed by atoms with E-state index < -0.39 is 0 Å². The van der Waals surface area contributed by atoms with E-state index in [1.165, 1.54) is 0 Å². The van der Waals surface area contributed by atoms with Gasteiger partial charge in [0, 0.05) is 0 Å². The van der Waals surface area contributed by atoms with Crippen LogP contribution in [0.5, 0.6) is 0 Å². The molecule has 0 saturated heterocycles. The lowest BCUT2D eigenvalue weighted by atomic mass is 10.1. The lowest BCUT2D eigenvalue weighted by Crippen LogP contribution is -2.22. The number of hydrogen-bond acceptors (Lipinski definition) is 3. The van der Waals surface area contributed by atoms with Gasteiger partial charge in [0.15, 0.2) is 6.61 Å². The molecule has 0 unspecified atom stereocenters. The Labute approximate surface area is 135 Å². The summed E-state index contributed by atoms with van der Waals surface area (Å²) >= 11 is 6.12. The summed E-state index contributed by atoms with van der Waals surface area (Å²) in [6, 6.07) is 3.71. The zero-order valence-corrected chi connectivity index (χ0v) is 13.6. The summed E-state index contributed by atoms with van der Waals surface area (Å²) in [7, 11) is 0. The molecule has 2 rings (SSSR count). The minimum atomic E-state index is -0.385. The number of esters is 1. The Bertz CT molecular complexity index is 587. The van der Waals surface area contributed by atoms with Crippen LogP contribution in [0.3, 0.4) is 0 Å². The van der Waals surface area contributed by atoms with Crippen LogP contribution >= 0.6 is 11.6 Å². The number of nitrogens with one attached hydrogen (secondary N) is 1. The number of carbonyl (C=O) groups excluding carboxylic acids is 2. The summed E-state index contributed by atoms with van der Waals surface area (Å²) < 4.78 is 5.01. The van der Waals surface area contributed by atoms with Gasteiger partial charge < -0.3 is 10.1 Å². The molecule has 1 aliphatic rings. The van der Waals surface area contributed by atoms with Crippen LogP contribution in [-0.2, 0) is 14.3 Å². The molecule has 1 amide bonds. The van der Waals surface area contributed by atoms with Crippen molar-refractivity contribution in [1.82, 2.24) is 0 Å². The fourth-order valence-electron chi connectivity index (χ4n) is 2.53. The molecule has 0 heterocycles. The van der Waals surface area contributed by atoms with Crippen molar-refractivity contribution in [2.45, 2.75) is 33.1 Å². The van der Waals surface area contributed by atoms with Crippen LogP contribution in [-0.4, -0.2) is 18.5 Å². The van der Waals surface area contributed by atoms with Gasteiger partial charge in [-0.25, -0.2) is 0 Å². The molecule has 5 heteroatoms. The topological polar surface area (TPSA) is 55.4 Å². The molecule has 0 saturated carbocycles. The fraction of sp³-hybridized carbons (Fsp3) is 0.412. The molecule has 0 aliphatic heterocycles. The van der Waals surface area contributed by atoms with Crippen molar-refractivity contribution in [3.63, 3.8) is 0 Å². The minimum Gasteiger partial charge on any atom is -0.456 e. The third-order valence-electron chi connectivity index (χ3n) is 3.60. The van der Waals surface area contributed by atoms with Gasteiger partial charge >= 0.3 is 5.97 Å². The van der Waals surface area contributed by atoms with Crippen LogP contribution in [0.2, 0.25) is 5.02 Å². The average molecular weight is 322 g/mol. The molecular formula is C17H20ClNO3. The number of hydrogen-bond donors (Lipinski definition) is 1. The van der Waals surface area contributed by atoms with Gasteiger partial charge in [-0.3, -0.25) is 9.59 Å². The van der Waals surface area contributed by atoms with Crippen molar-refractivity contribution in [2.75, 3.05) is 11.9 Å². The monoisotopic (exact) mass is 321 g/mol. The molecule has 1 aliphatic carbocycles. The van der Waals surface area contributed by atoms with Crippen LogP contribution in [0.1, 0.15) is 30.4 Å². The Morgan fingerprint density at radius 1 is 1.36 bits per heavy atom. The second-order valence-corrected chi connectivity index (χ2v) is 6.02. The van der Waals surface area contributed by atoms with E-state index in [1.54, 1.807) is 6.07 Å². The molecule has 22 heavy (non-hydrogen) atoms. The standard InChI is InChI=1S/C17H20ClNO3/c1-11-7-12(2)17(14(18)8-11)19-15(20)10-22-16(21)9-13-5-3-4-6-13/h3,5,7-8,13H,4,6,9-10H2,1-2H3,(H,19,20)/t13-/m1/s1. The molecule has 118 valence electrons. The van der Waals surface area contributed by atoms with Crippen LogP contribution < -0.4 is 5.32 Å². The average Bonchev–Trinajstić information content (AvgIpc) is 2.93. The molecule has 0 fully saturated rings. The number of amides is 1. The highest BCUT2D eigenvalue weighted by Crippen LogP contribution is 2.27. The first kappa shape index (κ1) is 16.6. The van der Waals surface area contributed by atoms with Gasteiger partial charge in [0.25, 0.3) is 5.91 Å². The number of carbonyl (C=O) groups is 2. The van der Waals surface area contributed by atoms with Crippen molar-refractivity contribution in [3.8, 4) is 0 Å². The fourth-order valence-corrected chi connectivity index (χ4v) is 2.90. The van der Waals surface area contributed by atoms with Crippen molar-refractivity contribution in [1.29, 1.82) is 0 Å². The maximum Gasteiger partial charge on any atom is 0.306 e. The highest BCUT2D eigenvalue weighted by Gasteiger charge is 2.16. The Hall–Kier alpha value is -1.81. The van der Waals surface area contributed by atoms with Gasteiger partial charge in [0.2, 0.25) is 0 Å². The van der Waals surface area contributed by atoms with Gasteiger partial charge in [-0.15, -0.1) is 0 Å². The normalized spacial score (nSPS) is 16.6. The van der Waals surface area contributed by atoms with Gasteiger partial charge in [0.05, 0.1) is 17.1 Å². The SMILES string of the molecule is Cc1cc(C)c(NC(=O)COC(=O)C[C@@H]2C=CCC2)c(Cl)c1. The van der Waals surface area contributed by atoms with Gasteiger partial charge in [-0.05, 0) is 49.8 Å². The van der Waals surface area contributed by atoms with E-state index in [-0.39, 0.29) is 24.4 Å². The molecule has 0 aromatic heterocycles. The summed E-state index contributed by atoms with van der Waals surface area (Å²) in [4.78, 5) is 23.6. The third kappa shape index (κ3) is 4.60. The Kier molecular flexibility index (Phi) is 5.61. The number of benzene rings is 1. The van der Waals surface area contributed by atoms with Crippen molar-refractivity contribution >= 4 is 29.2 Å². The Balaban J connectivity index is 1.83. The summed E-state index contributed by atoms with van der Waals surface area (Å²) in [6.07, 6.45) is 6.39. The summed E-state index contributed by atoms with van der Waals surface area (Å²) in [5.74, 6) is -0.494. The zero-order valence-electron chi connectivity index (χ0n) is 12.8. The van der Waals surface area contributed by atoms with Crippen molar-refractivity contribution in [3.05, 3.63) is 40.4 Å². The molecule has 0 spiro atoms. The molecule has 1 aromatic carbocycles. The van der Waals surface area contributed by atoms with Crippen LogP contribution in [0, 0.1) is 19.8 Å². The minimum absolute atomic E-state index is 0.240. The lowest BCUT2D eigenvalue weighted by Gasteiger charge is -2.12. The highest BCUT2D eigenvalue weighted by molar-refractivity contribution is 6.34. The highest BCUT2D eigenvalue weighted by atomic mass is 35.5. The number of halogens is 1. The Morgan fingerprint density at radius 2 is 2.14 bits per heavy atom. The first-order valence-corrected chi connectivity index (χ1v) is 7.72. The largest absolute Gasteiger partial charge is 0.456 e. The number of anilines is 1. The summed E-state index contributed by atoms with van der Waals surface area (Å²) in [5.41, 5.74) is 2.46. The predicted octanol–water partition coefficient (Wildman–Crippen LogP) is 3.79. The van der Waals surface area contributed by atoms with Crippen LogP contribution in [0.25, 0.3) is 0 Å². The van der Waals surface area contributed by atoms with Crippen molar-refractivity contribution < 1.29 is 14.3 Å². The predicted molar refractivity (Wildman–Crippen MR) is 87.0 cm³/mol. The van der Waals surface area contributed by atoms with E-state index in [9.17, 15) is 9.59 Å². The third-order valence-corrected chi connectivity index (χ3v) is 3.90. The molecule has 1 atom stereocenters. The van der Waals surface area contributed by atoms with Gasteiger partial charge in [-0.1, -0.05) is 29.8 Å². The quantitative estimate of drug-likeness (QED) is 0.663. The molecule has 0 bridgehead atoms. The summed E-state index contributed by atoms with van der Waals surface area (Å²) in [6.45, 7) is 3.51. The van der Waals surface area contributed by atoms with E-state index in [0.717, 1.165) is 24.0 Å². The van der Waals surface area contributed by atoms with E-state index in [0.29, 0.717) is 17.1 Å². The van der Waals surface area contributed by atoms with Crippen LogP contribution in [0.15, 0.2) is 24.3 Å². The second-order valence-electron chi connectivity index (χ2n) is 5.62. The van der Waals surface area contributed by atoms with Crippen molar-refractivity contribution in [2.24, 2.45) is 5.92 Å². The van der Waals surface area contributed by atoms with E-state index in [1.807, 2.05) is 26.0 Å². The van der Waals surface area contributed by atoms with Gasteiger partial charge in [0.1, 0.15) is 0 Å². The second kappa shape index (κ2) is 7.45. The maximum absolute atomic E-state index is 11.9. The molecule has 4 nitrogen and oxygen atoms in total. The lowest BCUT2D eigenvalue weighted by molar-refractivity contribution is -0.147. The number of allylic oxidation sites excluding steroid dienone is 2. The number of ether oxygens (including phenoxy) is 1. The molecular weight excluding hydrogens is 302 g/mol. The first-order chi connectivity index (χ1) is 10.5. The molecule has 0 radical (unpaired) electrons. The van der Waals surface area contributed by atoms with E-state index in [4.69, 9.17) is 16.3 Å².